The van der Waals surface area contributed by atoms with Gasteiger partial charge < -0.3 is 5.32 Å². The summed E-state index contributed by atoms with van der Waals surface area (Å²) in [5, 5.41) is 2.65. The predicted molar refractivity (Wildman–Crippen MR) is 64.0 cm³/mol. The van der Waals surface area contributed by atoms with E-state index in [0.29, 0.717) is 5.82 Å². The summed E-state index contributed by atoms with van der Waals surface area (Å²) in [6, 6.07) is 3.75. The quantitative estimate of drug-likeness (QED) is 0.786. The van der Waals surface area contributed by atoms with E-state index in [0.717, 1.165) is 11.3 Å². The van der Waals surface area contributed by atoms with Crippen LogP contribution in [0.1, 0.15) is 26.3 Å². The minimum Gasteiger partial charge on any atom is -0.311 e. The van der Waals surface area contributed by atoms with Crippen LogP contribution < -0.4 is 5.32 Å². The van der Waals surface area contributed by atoms with Crippen LogP contribution in [0.15, 0.2) is 41.4 Å². The van der Waals surface area contributed by atoms with Gasteiger partial charge in [0.15, 0.2) is 0 Å². The Hall–Kier alpha value is -1.97. The van der Waals surface area contributed by atoms with Gasteiger partial charge in [0.2, 0.25) is 5.91 Å². The maximum atomic E-state index is 10.9. The zero-order valence-electron chi connectivity index (χ0n) is 9.69. The van der Waals surface area contributed by atoms with Crippen molar-refractivity contribution in [1.82, 2.24) is 10.3 Å². The zero-order valence-corrected chi connectivity index (χ0v) is 9.69. The molecule has 4 nitrogen and oxygen atoms in total. The molecule has 1 rings (SSSR count). The third-order valence-electron chi connectivity index (χ3n) is 1.96. The molecule has 0 saturated heterocycles. The van der Waals surface area contributed by atoms with Crippen molar-refractivity contribution in [2.75, 3.05) is 0 Å². The number of carbonyl (C=O) groups excluding carboxylic acids is 1. The minimum atomic E-state index is -0.126. The second-order valence-corrected chi connectivity index (χ2v) is 3.29. The number of aromatic nitrogens is 1. The summed E-state index contributed by atoms with van der Waals surface area (Å²) in [5.41, 5.74) is 1.82. The monoisotopic (exact) mass is 217 g/mol. The second kappa shape index (κ2) is 5.80. The SMILES string of the molecule is C/C=C(\N=C(/C)c1ccncc1)NC(C)=O. The molecule has 0 fully saturated rings. The van der Waals surface area contributed by atoms with Crippen molar-refractivity contribution in [3.8, 4) is 0 Å². The van der Waals surface area contributed by atoms with Crippen LogP contribution in [-0.4, -0.2) is 16.6 Å². The number of aliphatic imine (C=N–C) groups is 1. The molecule has 4 heteroatoms. The van der Waals surface area contributed by atoms with Gasteiger partial charge in [-0.25, -0.2) is 4.99 Å². The summed E-state index contributed by atoms with van der Waals surface area (Å²) >= 11 is 0. The molecule has 1 heterocycles. The Kier molecular flexibility index (Phi) is 4.39. The number of nitrogens with zero attached hydrogens (tertiary/aromatic N) is 2. The Labute approximate surface area is 95.1 Å². The van der Waals surface area contributed by atoms with Gasteiger partial charge in [0, 0.05) is 25.0 Å². The van der Waals surface area contributed by atoms with E-state index < -0.39 is 0 Å². The molecule has 0 bridgehead atoms. The normalized spacial score (nSPS) is 12.4. The highest BCUT2D eigenvalue weighted by Crippen LogP contribution is 2.02. The lowest BCUT2D eigenvalue weighted by Gasteiger charge is -2.04. The fourth-order valence-electron chi connectivity index (χ4n) is 1.18. The van der Waals surface area contributed by atoms with Gasteiger partial charge in [-0.3, -0.25) is 9.78 Å². The molecule has 1 N–H and O–H groups in total. The molecular formula is C12H15N3O. The molecule has 0 unspecified atom stereocenters. The molecule has 0 aliphatic rings. The number of hydrogen-bond acceptors (Lipinski definition) is 3. The standard InChI is InChI=1S/C12H15N3O/c1-4-12(15-10(3)16)14-9(2)11-5-7-13-8-6-11/h4-8H,1-3H3,(H,15,16)/b12-4+,14-9+. The van der Waals surface area contributed by atoms with Gasteiger partial charge >= 0.3 is 0 Å². The lowest BCUT2D eigenvalue weighted by atomic mass is 10.2. The van der Waals surface area contributed by atoms with Gasteiger partial charge in [-0.2, -0.15) is 0 Å². The molecule has 84 valence electrons. The molecule has 1 aromatic heterocycles. The predicted octanol–water partition coefficient (Wildman–Crippen LogP) is 1.89. The third-order valence-corrected chi connectivity index (χ3v) is 1.96. The molecule has 0 aromatic carbocycles. The Morgan fingerprint density at radius 2 is 2.00 bits per heavy atom. The summed E-state index contributed by atoms with van der Waals surface area (Å²) in [6.45, 7) is 5.18. The van der Waals surface area contributed by atoms with Crippen LogP contribution in [0, 0.1) is 0 Å². The Morgan fingerprint density at radius 3 is 2.50 bits per heavy atom. The minimum absolute atomic E-state index is 0.126. The van der Waals surface area contributed by atoms with Crippen LogP contribution in [0.4, 0.5) is 0 Å². The highest BCUT2D eigenvalue weighted by Gasteiger charge is 1.99. The van der Waals surface area contributed by atoms with Crippen LogP contribution in [0.3, 0.4) is 0 Å². The van der Waals surface area contributed by atoms with Crippen molar-refractivity contribution in [3.63, 3.8) is 0 Å². The van der Waals surface area contributed by atoms with Gasteiger partial charge in [0.25, 0.3) is 0 Å². The molecule has 0 aliphatic carbocycles. The second-order valence-electron chi connectivity index (χ2n) is 3.29. The summed E-state index contributed by atoms with van der Waals surface area (Å²) < 4.78 is 0. The summed E-state index contributed by atoms with van der Waals surface area (Å²) in [6.07, 6.45) is 5.18. The molecule has 0 aliphatic heterocycles. The lowest BCUT2D eigenvalue weighted by molar-refractivity contribution is -0.118. The highest BCUT2D eigenvalue weighted by molar-refractivity contribution is 5.99. The number of rotatable bonds is 3. The highest BCUT2D eigenvalue weighted by atomic mass is 16.1. The van der Waals surface area contributed by atoms with Crippen LogP contribution in [0.5, 0.6) is 0 Å². The van der Waals surface area contributed by atoms with Crippen LogP contribution >= 0.6 is 0 Å². The maximum absolute atomic E-state index is 10.9. The first kappa shape index (κ1) is 12.1. The van der Waals surface area contributed by atoms with Gasteiger partial charge in [-0.15, -0.1) is 0 Å². The maximum Gasteiger partial charge on any atom is 0.222 e. The van der Waals surface area contributed by atoms with Crippen molar-refractivity contribution < 1.29 is 4.79 Å². The first-order chi connectivity index (χ1) is 7.63. The molecule has 0 saturated carbocycles. The molecular weight excluding hydrogens is 202 g/mol. The zero-order chi connectivity index (χ0) is 12.0. The molecule has 1 aromatic rings. The molecule has 0 atom stereocenters. The Morgan fingerprint density at radius 1 is 1.38 bits per heavy atom. The number of pyridine rings is 1. The average molecular weight is 217 g/mol. The van der Waals surface area contributed by atoms with Crippen molar-refractivity contribution in [1.29, 1.82) is 0 Å². The fraction of sp³-hybridized carbons (Fsp3) is 0.250. The number of amides is 1. The van der Waals surface area contributed by atoms with E-state index in [-0.39, 0.29) is 5.91 Å². The van der Waals surface area contributed by atoms with E-state index in [1.807, 2.05) is 26.0 Å². The fourth-order valence-corrected chi connectivity index (χ4v) is 1.18. The molecule has 0 spiro atoms. The summed E-state index contributed by atoms with van der Waals surface area (Å²) in [7, 11) is 0. The van der Waals surface area contributed by atoms with E-state index in [9.17, 15) is 4.79 Å². The summed E-state index contributed by atoms with van der Waals surface area (Å²) in [4.78, 5) is 19.2. The molecule has 16 heavy (non-hydrogen) atoms. The number of nitrogens with one attached hydrogen (secondary N) is 1. The number of carbonyl (C=O) groups is 1. The van der Waals surface area contributed by atoms with E-state index in [2.05, 4.69) is 15.3 Å². The van der Waals surface area contributed by atoms with E-state index >= 15 is 0 Å². The van der Waals surface area contributed by atoms with Crippen LogP contribution in [0.2, 0.25) is 0 Å². The third kappa shape index (κ3) is 3.65. The van der Waals surface area contributed by atoms with E-state index in [1.165, 1.54) is 6.92 Å². The van der Waals surface area contributed by atoms with Crippen LogP contribution in [-0.2, 0) is 4.79 Å². The Balaban J connectivity index is 2.87. The largest absolute Gasteiger partial charge is 0.311 e. The number of allylic oxidation sites excluding steroid dienone is 1. The van der Waals surface area contributed by atoms with Crippen molar-refractivity contribution in [2.45, 2.75) is 20.8 Å². The van der Waals surface area contributed by atoms with Gasteiger partial charge in [0.05, 0.1) is 0 Å². The smallest absolute Gasteiger partial charge is 0.222 e. The summed E-state index contributed by atoms with van der Waals surface area (Å²) in [5.74, 6) is 0.432. The molecule has 0 radical (unpaired) electrons. The van der Waals surface area contributed by atoms with Crippen molar-refractivity contribution >= 4 is 11.6 Å². The Bertz CT molecular complexity index is 421. The van der Waals surface area contributed by atoms with E-state index in [1.54, 1.807) is 18.5 Å². The van der Waals surface area contributed by atoms with Crippen molar-refractivity contribution in [2.24, 2.45) is 4.99 Å². The average Bonchev–Trinajstić information content (AvgIpc) is 2.28. The van der Waals surface area contributed by atoms with Crippen LogP contribution in [0.25, 0.3) is 0 Å². The van der Waals surface area contributed by atoms with Crippen molar-refractivity contribution in [3.05, 3.63) is 42.0 Å². The van der Waals surface area contributed by atoms with E-state index in [4.69, 9.17) is 0 Å². The topological polar surface area (TPSA) is 54.4 Å². The first-order valence-corrected chi connectivity index (χ1v) is 5.03. The molecule has 1 amide bonds. The van der Waals surface area contributed by atoms with Gasteiger partial charge in [-0.1, -0.05) is 0 Å². The first-order valence-electron chi connectivity index (χ1n) is 5.03. The van der Waals surface area contributed by atoms with Gasteiger partial charge in [0.1, 0.15) is 5.82 Å². The number of hydrogen-bond donors (Lipinski definition) is 1. The van der Waals surface area contributed by atoms with Gasteiger partial charge in [-0.05, 0) is 37.6 Å². The lowest BCUT2D eigenvalue weighted by Crippen LogP contribution is -2.18.